The Morgan fingerprint density at radius 3 is 2.59 bits per heavy atom. The number of aliphatic imine (C=N–C) groups is 1. The number of fused-ring (bicyclic) bond motifs is 1. The Hall–Kier alpha value is -3.87. The third-order valence-corrected chi connectivity index (χ3v) is 5.24. The number of aryl methyl sites for hydroxylation is 1. The largest absolute Gasteiger partial charge is 0.493 e. The molecule has 0 saturated heterocycles. The van der Waals surface area contributed by atoms with E-state index in [1.165, 1.54) is 10.6 Å². The summed E-state index contributed by atoms with van der Waals surface area (Å²) in [6, 6.07) is 13.4. The van der Waals surface area contributed by atoms with Crippen molar-refractivity contribution in [1.29, 1.82) is 5.41 Å². The molecule has 0 atom stereocenters. The molecule has 2 aromatic carbocycles. The van der Waals surface area contributed by atoms with Gasteiger partial charge in [-0.2, -0.15) is 4.99 Å². The van der Waals surface area contributed by atoms with Crippen molar-refractivity contribution in [1.82, 2.24) is 5.06 Å². The summed E-state index contributed by atoms with van der Waals surface area (Å²) in [5.74, 6) is 2.07. The van der Waals surface area contributed by atoms with E-state index in [-0.39, 0.29) is 11.4 Å². The molecule has 0 unspecified atom stereocenters. The van der Waals surface area contributed by atoms with Crippen molar-refractivity contribution in [3.8, 4) is 11.5 Å². The number of nitrogens with one attached hydrogen (secondary N) is 1. The van der Waals surface area contributed by atoms with E-state index in [4.69, 9.17) is 19.7 Å². The number of amides is 1. The van der Waals surface area contributed by atoms with Gasteiger partial charge in [-0.05, 0) is 61.7 Å². The molecular weight excluding hydrogens is 406 g/mol. The number of hydroxylamine groups is 2. The summed E-state index contributed by atoms with van der Waals surface area (Å²) in [4.78, 5) is 21.7. The van der Waals surface area contributed by atoms with E-state index >= 15 is 0 Å². The zero-order valence-corrected chi connectivity index (χ0v) is 18.3. The van der Waals surface area contributed by atoms with E-state index in [1.54, 1.807) is 19.1 Å². The molecule has 0 saturated carbocycles. The van der Waals surface area contributed by atoms with Gasteiger partial charge in [0.15, 0.2) is 11.7 Å². The van der Waals surface area contributed by atoms with E-state index in [2.05, 4.69) is 24.9 Å². The fraction of sp³-hybridized carbons (Fsp3) is 0.240. The lowest BCUT2D eigenvalue weighted by atomic mass is 10.1. The zero-order valence-electron chi connectivity index (χ0n) is 18.3. The monoisotopic (exact) mass is 431 g/mol. The summed E-state index contributed by atoms with van der Waals surface area (Å²) >= 11 is 0. The van der Waals surface area contributed by atoms with Gasteiger partial charge in [0.1, 0.15) is 17.3 Å². The molecule has 0 bridgehead atoms. The molecule has 2 aliphatic rings. The van der Waals surface area contributed by atoms with Crippen LogP contribution in [0.1, 0.15) is 30.0 Å². The number of carbonyl (C=O) groups excluding carboxylic acids is 1. The van der Waals surface area contributed by atoms with Gasteiger partial charge in [0, 0.05) is 12.5 Å². The average molecular weight is 431 g/mol. The standard InChI is InChI=1S/C25H25N3O4/c1-16-6-4-7-22(18(16)3)31-13-5-12-30-20-10-8-19(9-11-20)15-21-24(26)28-23(27-25(21)29)14-17(2)32-28/h4,6-11,14-15,26H,5,12-13H2,1-3H3/b21-15+,26-24?. The van der Waals surface area contributed by atoms with Crippen molar-refractivity contribution in [2.45, 2.75) is 27.2 Å². The van der Waals surface area contributed by atoms with Crippen molar-refractivity contribution in [3.05, 3.63) is 76.6 Å². The summed E-state index contributed by atoms with van der Waals surface area (Å²) in [6.45, 7) is 6.98. The second-order valence-electron chi connectivity index (χ2n) is 7.64. The second-order valence-corrected chi connectivity index (χ2v) is 7.64. The molecule has 164 valence electrons. The topological polar surface area (TPSA) is 84.2 Å². The highest BCUT2D eigenvalue weighted by molar-refractivity contribution is 6.32. The highest BCUT2D eigenvalue weighted by Gasteiger charge is 2.34. The van der Waals surface area contributed by atoms with Crippen molar-refractivity contribution < 1.29 is 19.1 Å². The SMILES string of the molecule is CC1=CC2=NC(=O)/C(=C/c3ccc(OCCCOc4cccc(C)c4C)cc3)C(=N)N2O1. The molecular formula is C25H25N3O4. The fourth-order valence-corrected chi connectivity index (χ4v) is 3.34. The van der Waals surface area contributed by atoms with Crippen LogP contribution in [0.3, 0.4) is 0 Å². The van der Waals surface area contributed by atoms with Crippen LogP contribution >= 0.6 is 0 Å². The summed E-state index contributed by atoms with van der Waals surface area (Å²) in [5, 5.41) is 9.51. The van der Waals surface area contributed by atoms with Gasteiger partial charge in [-0.15, -0.1) is 5.06 Å². The van der Waals surface area contributed by atoms with Crippen molar-refractivity contribution in [2.75, 3.05) is 13.2 Å². The highest BCUT2D eigenvalue weighted by Crippen LogP contribution is 2.24. The van der Waals surface area contributed by atoms with E-state index in [0.717, 1.165) is 29.0 Å². The van der Waals surface area contributed by atoms with Crippen LogP contribution in [0.4, 0.5) is 0 Å². The zero-order chi connectivity index (χ0) is 22.7. The maximum absolute atomic E-state index is 12.3. The number of hydrogen-bond donors (Lipinski definition) is 1. The second kappa shape index (κ2) is 9.09. The Labute approximate surface area is 187 Å². The molecule has 0 aromatic heterocycles. The molecule has 7 nitrogen and oxygen atoms in total. The van der Waals surface area contributed by atoms with Gasteiger partial charge in [0.25, 0.3) is 5.91 Å². The van der Waals surface area contributed by atoms with Crippen LogP contribution in [0.2, 0.25) is 0 Å². The Morgan fingerprint density at radius 2 is 1.81 bits per heavy atom. The fourth-order valence-electron chi connectivity index (χ4n) is 3.34. The molecule has 2 aromatic rings. The first-order valence-corrected chi connectivity index (χ1v) is 10.4. The first kappa shape index (κ1) is 21.4. The minimum absolute atomic E-state index is 0.0303. The smallest absolute Gasteiger partial charge is 0.282 e. The first-order chi connectivity index (χ1) is 15.4. The number of hydrogen-bond acceptors (Lipinski definition) is 5. The van der Waals surface area contributed by atoms with Crippen molar-refractivity contribution in [3.63, 3.8) is 0 Å². The summed E-state index contributed by atoms with van der Waals surface area (Å²) in [7, 11) is 0. The van der Waals surface area contributed by atoms with Crippen molar-refractivity contribution >= 4 is 23.7 Å². The normalized spacial score (nSPS) is 16.5. The molecule has 32 heavy (non-hydrogen) atoms. The van der Waals surface area contributed by atoms with Crippen LogP contribution in [0.15, 0.2) is 64.9 Å². The summed E-state index contributed by atoms with van der Waals surface area (Å²) in [5.41, 5.74) is 3.32. The van der Waals surface area contributed by atoms with Crippen LogP contribution in [0.25, 0.3) is 6.08 Å². The lowest BCUT2D eigenvalue weighted by Gasteiger charge is -2.22. The van der Waals surface area contributed by atoms with E-state index in [0.29, 0.717) is 24.8 Å². The van der Waals surface area contributed by atoms with E-state index < -0.39 is 5.91 Å². The predicted octanol–water partition coefficient (Wildman–Crippen LogP) is 4.60. The van der Waals surface area contributed by atoms with Crippen LogP contribution in [-0.4, -0.2) is 35.9 Å². The molecule has 4 rings (SSSR count). The van der Waals surface area contributed by atoms with Crippen LogP contribution < -0.4 is 9.47 Å². The molecule has 0 aliphatic carbocycles. The van der Waals surface area contributed by atoms with Gasteiger partial charge >= 0.3 is 0 Å². The maximum atomic E-state index is 12.3. The predicted molar refractivity (Wildman–Crippen MR) is 123 cm³/mol. The van der Waals surface area contributed by atoms with Crippen LogP contribution in [0, 0.1) is 19.3 Å². The van der Waals surface area contributed by atoms with Crippen molar-refractivity contribution in [2.24, 2.45) is 4.99 Å². The quantitative estimate of drug-likeness (QED) is 0.512. The number of allylic oxidation sites excluding steroid dienone is 1. The van der Waals surface area contributed by atoms with E-state index in [1.807, 2.05) is 36.4 Å². The number of amidine groups is 2. The maximum Gasteiger partial charge on any atom is 0.282 e. The molecule has 1 N–H and O–H groups in total. The van der Waals surface area contributed by atoms with Gasteiger partial charge in [0.2, 0.25) is 0 Å². The number of benzene rings is 2. The average Bonchev–Trinajstić information content (AvgIpc) is 3.15. The molecule has 7 heteroatoms. The molecule has 0 radical (unpaired) electrons. The van der Waals surface area contributed by atoms with Gasteiger partial charge in [-0.1, -0.05) is 24.3 Å². The Morgan fingerprint density at radius 1 is 1.06 bits per heavy atom. The van der Waals surface area contributed by atoms with E-state index in [9.17, 15) is 4.79 Å². The van der Waals surface area contributed by atoms with Crippen LogP contribution in [0.5, 0.6) is 11.5 Å². The molecule has 2 aliphatic heterocycles. The minimum Gasteiger partial charge on any atom is -0.493 e. The number of rotatable bonds is 7. The minimum atomic E-state index is -0.458. The number of nitrogens with zero attached hydrogens (tertiary/aromatic N) is 2. The third-order valence-electron chi connectivity index (χ3n) is 5.24. The molecule has 2 heterocycles. The van der Waals surface area contributed by atoms with Crippen LogP contribution in [-0.2, 0) is 9.63 Å². The third kappa shape index (κ3) is 4.56. The number of carbonyl (C=O) groups is 1. The lowest BCUT2D eigenvalue weighted by molar-refractivity contribution is -0.114. The Kier molecular flexibility index (Phi) is 6.07. The lowest BCUT2D eigenvalue weighted by Crippen LogP contribution is -2.38. The van der Waals surface area contributed by atoms with Gasteiger partial charge < -0.3 is 14.3 Å². The molecule has 0 fully saturated rings. The first-order valence-electron chi connectivity index (χ1n) is 10.4. The summed E-state index contributed by atoms with van der Waals surface area (Å²) < 4.78 is 11.6. The summed E-state index contributed by atoms with van der Waals surface area (Å²) in [6.07, 6.45) is 4.01. The Bertz CT molecular complexity index is 1150. The highest BCUT2D eigenvalue weighted by atomic mass is 16.7. The molecule has 1 amide bonds. The van der Waals surface area contributed by atoms with Gasteiger partial charge in [-0.25, -0.2) is 0 Å². The number of ether oxygens (including phenoxy) is 2. The Balaban J connectivity index is 1.29. The van der Waals surface area contributed by atoms with Gasteiger partial charge in [-0.3, -0.25) is 10.2 Å². The molecule has 0 spiro atoms. The van der Waals surface area contributed by atoms with Gasteiger partial charge in [0.05, 0.1) is 18.8 Å².